The summed E-state index contributed by atoms with van der Waals surface area (Å²) in [6.07, 6.45) is 0. The van der Waals surface area contributed by atoms with E-state index in [-0.39, 0.29) is 0 Å². The molecule has 0 heterocycles. The Morgan fingerprint density at radius 2 is 0.827 bits per heavy atom. The van der Waals surface area contributed by atoms with Crippen molar-refractivity contribution in [2.24, 2.45) is 0 Å². The molecule has 0 aliphatic heterocycles. The fourth-order valence-electron chi connectivity index (χ4n) is 9.45. The van der Waals surface area contributed by atoms with Gasteiger partial charge in [0.2, 0.25) is 0 Å². The monoisotopic (exact) mass is 658 g/mol. The van der Waals surface area contributed by atoms with E-state index in [1.165, 1.54) is 76.8 Å². The van der Waals surface area contributed by atoms with E-state index in [2.05, 4.69) is 180 Å². The van der Waals surface area contributed by atoms with Gasteiger partial charge in [-0.3, -0.25) is 0 Å². The minimum atomic E-state index is -0.395. The summed E-state index contributed by atoms with van der Waals surface area (Å²) < 4.78 is 0. The smallest absolute Gasteiger partial charge is 0.187 e. The first-order chi connectivity index (χ1) is 25.8. The van der Waals surface area contributed by atoms with Gasteiger partial charge in [-0.2, -0.15) is 0 Å². The Morgan fingerprint density at radius 1 is 0.385 bits per heavy atom. The minimum absolute atomic E-state index is 0.395. The SMILES string of the molecule is [C-]#[N+]c1ccc(N(c2ccc3c(c2)-c2ccccc2C32c3ccccc3-c3ccccc32)c2cccc3c4ccccc4c4ccccc4c23)cc1. The lowest BCUT2D eigenvalue weighted by Gasteiger charge is -2.31. The molecule has 2 aliphatic rings. The molecule has 1 spiro atoms. The zero-order valence-corrected chi connectivity index (χ0v) is 28.2. The van der Waals surface area contributed by atoms with Crippen LogP contribution in [-0.2, 0) is 5.41 Å². The molecule has 9 aromatic carbocycles. The summed E-state index contributed by atoms with van der Waals surface area (Å²) in [6.45, 7) is 7.67. The highest BCUT2D eigenvalue weighted by molar-refractivity contribution is 6.28. The third-order valence-electron chi connectivity index (χ3n) is 11.5. The summed E-state index contributed by atoms with van der Waals surface area (Å²) in [5, 5.41) is 7.39. The van der Waals surface area contributed by atoms with Gasteiger partial charge in [0.05, 0.1) is 17.7 Å². The summed E-state index contributed by atoms with van der Waals surface area (Å²) in [7, 11) is 0. The predicted molar refractivity (Wildman–Crippen MR) is 216 cm³/mol. The minimum Gasteiger partial charge on any atom is -0.310 e. The molecule has 52 heavy (non-hydrogen) atoms. The van der Waals surface area contributed by atoms with Gasteiger partial charge in [0, 0.05) is 16.8 Å². The molecule has 0 radical (unpaired) electrons. The van der Waals surface area contributed by atoms with Crippen molar-refractivity contribution >= 4 is 55.1 Å². The maximum atomic E-state index is 7.67. The first-order valence-corrected chi connectivity index (χ1v) is 17.8. The Kier molecular flexibility index (Phi) is 5.98. The van der Waals surface area contributed by atoms with Crippen LogP contribution in [0.15, 0.2) is 182 Å². The molecule has 2 nitrogen and oxygen atoms in total. The number of hydrogen-bond acceptors (Lipinski definition) is 1. The highest BCUT2D eigenvalue weighted by Crippen LogP contribution is 2.63. The normalized spacial score (nSPS) is 13.1. The molecule has 0 atom stereocenters. The standard InChI is InChI=1S/C50H30N2/c1-51-32-25-27-33(28-26-32)52(48-24-12-20-42-37-14-3-2-13-35(37)36-15-4-5-19-41(36)49(42)48)34-29-30-47-43(31-34)40-18-8-11-23-46(40)50(47)44-21-9-6-16-38(44)39-17-7-10-22-45(39)50/h2-31H. The van der Waals surface area contributed by atoms with Crippen LogP contribution in [0.2, 0.25) is 0 Å². The fourth-order valence-corrected chi connectivity index (χ4v) is 9.45. The summed E-state index contributed by atoms with van der Waals surface area (Å²) in [4.78, 5) is 6.11. The second-order valence-corrected chi connectivity index (χ2v) is 13.9. The molecule has 9 aromatic rings. The second-order valence-electron chi connectivity index (χ2n) is 13.9. The zero-order valence-electron chi connectivity index (χ0n) is 28.2. The zero-order chi connectivity index (χ0) is 34.4. The quantitative estimate of drug-likeness (QED) is 0.135. The van der Waals surface area contributed by atoms with Crippen LogP contribution in [0.25, 0.3) is 59.4 Å². The molecule has 0 N–H and O–H groups in total. The van der Waals surface area contributed by atoms with Gasteiger partial charge in [-0.15, -0.1) is 0 Å². The van der Waals surface area contributed by atoms with Crippen LogP contribution in [0.3, 0.4) is 0 Å². The van der Waals surface area contributed by atoms with Crippen molar-refractivity contribution in [3.63, 3.8) is 0 Å². The molecule has 0 amide bonds. The van der Waals surface area contributed by atoms with Crippen LogP contribution in [-0.4, -0.2) is 0 Å². The van der Waals surface area contributed by atoms with Crippen LogP contribution in [0.4, 0.5) is 22.7 Å². The van der Waals surface area contributed by atoms with E-state index >= 15 is 0 Å². The summed E-state index contributed by atoms with van der Waals surface area (Å²) >= 11 is 0. The maximum Gasteiger partial charge on any atom is 0.187 e. The highest BCUT2D eigenvalue weighted by Gasteiger charge is 2.51. The van der Waals surface area contributed by atoms with Crippen molar-refractivity contribution in [3.05, 3.63) is 216 Å². The Balaban J connectivity index is 1.22. The molecule has 0 aromatic heterocycles. The first-order valence-electron chi connectivity index (χ1n) is 17.8. The Labute approximate surface area is 302 Å². The molecule has 0 unspecified atom stereocenters. The average molecular weight is 659 g/mol. The summed E-state index contributed by atoms with van der Waals surface area (Å²) in [5.74, 6) is 0. The number of rotatable bonds is 3. The van der Waals surface area contributed by atoms with Gasteiger partial charge in [-0.05, 0) is 102 Å². The highest BCUT2D eigenvalue weighted by atomic mass is 15.1. The largest absolute Gasteiger partial charge is 0.310 e. The van der Waals surface area contributed by atoms with Gasteiger partial charge in [0.1, 0.15) is 0 Å². The molecule has 0 bridgehead atoms. The molecule has 0 fully saturated rings. The van der Waals surface area contributed by atoms with Gasteiger partial charge < -0.3 is 4.90 Å². The van der Waals surface area contributed by atoms with E-state index < -0.39 is 5.41 Å². The van der Waals surface area contributed by atoms with E-state index in [1.54, 1.807) is 0 Å². The van der Waals surface area contributed by atoms with E-state index in [9.17, 15) is 0 Å². The van der Waals surface area contributed by atoms with Crippen molar-refractivity contribution in [2.45, 2.75) is 5.41 Å². The van der Waals surface area contributed by atoms with Gasteiger partial charge in [0.25, 0.3) is 0 Å². The fraction of sp³-hybridized carbons (Fsp3) is 0.0200. The van der Waals surface area contributed by atoms with Crippen molar-refractivity contribution in [1.29, 1.82) is 0 Å². The molecule has 0 saturated carbocycles. The Morgan fingerprint density at radius 3 is 1.40 bits per heavy atom. The lowest BCUT2D eigenvalue weighted by atomic mass is 9.70. The summed E-state index contributed by atoms with van der Waals surface area (Å²) in [6, 6.07) is 66.2. The van der Waals surface area contributed by atoms with Crippen molar-refractivity contribution in [2.75, 3.05) is 4.90 Å². The van der Waals surface area contributed by atoms with Gasteiger partial charge >= 0.3 is 0 Å². The van der Waals surface area contributed by atoms with Crippen molar-refractivity contribution in [1.82, 2.24) is 0 Å². The summed E-state index contributed by atoms with van der Waals surface area (Å²) in [5.41, 5.74) is 13.9. The molecule has 240 valence electrons. The number of nitrogens with zero attached hydrogens (tertiary/aromatic N) is 2. The maximum absolute atomic E-state index is 7.67. The topological polar surface area (TPSA) is 7.60 Å². The van der Waals surface area contributed by atoms with E-state index in [1.807, 2.05) is 12.1 Å². The average Bonchev–Trinajstić information content (AvgIpc) is 3.68. The van der Waals surface area contributed by atoms with Crippen LogP contribution in [0.5, 0.6) is 0 Å². The van der Waals surface area contributed by atoms with Crippen LogP contribution >= 0.6 is 0 Å². The third-order valence-corrected chi connectivity index (χ3v) is 11.5. The number of benzene rings is 9. The molecule has 11 rings (SSSR count). The third kappa shape index (κ3) is 3.72. The molecule has 2 aliphatic carbocycles. The molecular weight excluding hydrogens is 629 g/mol. The molecular formula is C50H30N2. The van der Waals surface area contributed by atoms with Crippen LogP contribution < -0.4 is 4.90 Å². The number of hydrogen-bond donors (Lipinski definition) is 0. The van der Waals surface area contributed by atoms with E-state index in [0.29, 0.717) is 5.69 Å². The predicted octanol–water partition coefficient (Wildman–Crippen LogP) is 13.5. The Bertz CT molecular complexity index is 2890. The second kappa shape index (κ2) is 10.8. The van der Waals surface area contributed by atoms with Crippen molar-refractivity contribution < 1.29 is 0 Å². The lowest BCUT2D eigenvalue weighted by molar-refractivity contribution is 0.794. The van der Waals surface area contributed by atoms with Crippen molar-refractivity contribution in [3.8, 4) is 22.3 Å². The van der Waals surface area contributed by atoms with E-state index in [0.717, 1.165) is 17.1 Å². The Hall–Kier alpha value is -6.95. The molecule has 0 saturated heterocycles. The van der Waals surface area contributed by atoms with Crippen LogP contribution in [0.1, 0.15) is 22.3 Å². The van der Waals surface area contributed by atoms with E-state index in [4.69, 9.17) is 6.57 Å². The lowest BCUT2D eigenvalue weighted by Crippen LogP contribution is -2.25. The molecule has 2 heteroatoms. The van der Waals surface area contributed by atoms with Crippen LogP contribution in [0, 0.1) is 6.57 Å². The van der Waals surface area contributed by atoms with Gasteiger partial charge in [-0.1, -0.05) is 152 Å². The number of anilines is 3. The van der Waals surface area contributed by atoms with Gasteiger partial charge in [-0.25, -0.2) is 4.85 Å². The number of fused-ring (bicyclic) bond motifs is 16. The first kappa shape index (κ1) is 28.8. The van der Waals surface area contributed by atoms with Gasteiger partial charge in [0.15, 0.2) is 5.69 Å².